The second-order valence-electron chi connectivity index (χ2n) is 3.62. The molecule has 0 saturated heterocycles. The van der Waals surface area contributed by atoms with Gasteiger partial charge in [-0.15, -0.1) is 11.3 Å². The van der Waals surface area contributed by atoms with Gasteiger partial charge in [0.05, 0.1) is 4.88 Å². The summed E-state index contributed by atoms with van der Waals surface area (Å²) >= 11 is 1.41. The molecule has 0 aliphatic rings. The third-order valence-electron chi connectivity index (χ3n) is 2.29. The number of thiazole rings is 1. The first-order valence-corrected chi connectivity index (χ1v) is 5.71. The fourth-order valence-electron chi connectivity index (χ4n) is 1.40. The van der Waals surface area contributed by atoms with Crippen molar-refractivity contribution in [1.82, 2.24) is 4.98 Å². The topological polar surface area (TPSA) is 33.2 Å². The molecule has 1 aromatic carbocycles. The number of aldehydes is 1. The van der Waals surface area contributed by atoms with Gasteiger partial charge in [0.15, 0.2) is 11.3 Å². The molecule has 16 heavy (non-hydrogen) atoms. The van der Waals surface area contributed by atoms with Crippen LogP contribution >= 0.6 is 11.3 Å². The van der Waals surface area contributed by atoms with Crippen molar-refractivity contribution in [2.45, 2.75) is 0 Å². The minimum Gasteiger partial charge on any atom is -0.378 e. The summed E-state index contributed by atoms with van der Waals surface area (Å²) in [5, 5.41) is 0.520. The van der Waals surface area contributed by atoms with Crippen molar-refractivity contribution in [3.8, 4) is 10.4 Å². The molecule has 3 nitrogen and oxygen atoms in total. The normalized spacial score (nSPS) is 10.1. The summed E-state index contributed by atoms with van der Waals surface area (Å²) in [5.41, 5.74) is 2.25. The van der Waals surface area contributed by atoms with E-state index in [9.17, 15) is 4.79 Å². The smallest absolute Gasteiger partial charge is 0.178 e. The van der Waals surface area contributed by atoms with Crippen molar-refractivity contribution >= 4 is 23.3 Å². The van der Waals surface area contributed by atoms with Crippen molar-refractivity contribution in [3.05, 3.63) is 35.5 Å². The van der Waals surface area contributed by atoms with E-state index < -0.39 is 0 Å². The largest absolute Gasteiger partial charge is 0.378 e. The van der Waals surface area contributed by atoms with Crippen LogP contribution in [0.5, 0.6) is 0 Å². The van der Waals surface area contributed by atoms with Gasteiger partial charge < -0.3 is 4.90 Å². The molecule has 0 atom stereocenters. The molecule has 2 rings (SSSR count). The fraction of sp³-hybridized carbons (Fsp3) is 0.167. The van der Waals surface area contributed by atoms with Crippen molar-refractivity contribution in [2.75, 3.05) is 19.0 Å². The zero-order valence-electron chi connectivity index (χ0n) is 9.18. The van der Waals surface area contributed by atoms with Gasteiger partial charge in [0.25, 0.3) is 0 Å². The molecule has 0 bridgehead atoms. The van der Waals surface area contributed by atoms with E-state index in [1.165, 1.54) is 11.3 Å². The Bertz CT molecular complexity index is 488. The molecule has 0 fully saturated rings. The van der Waals surface area contributed by atoms with Crippen molar-refractivity contribution in [3.63, 3.8) is 0 Å². The lowest BCUT2D eigenvalue weighted by atomic mass is 10.2. The first-order chi connectivity index (χ1) is 7.70. The highest BCUT2D eigenvalue weighted by molar-refractivity contribution is 7.16. The van der Waals surface area contributed by atoms with Crippen LogP contribution in [0.3, 0.4) is 0 Å². The molecule has 1 aromatic heterocycles. The minimum atomic E-state index is 0.520. The molecule has 0 amide bonds. The second kappa shape index (κ2) is 4.45. The third-order valence-corrected chi connectivity index (χ3v) is 3.26. The van der Waals surface area contributed by atoms with Crippen LogP contribution in [0.2, 0.25) is 0 Å². The number of anilines is 1. The van der Waals surface area contributed by atoms with Gasteiger partial charge >= 0.3 is 0 Å². The Hall–Kier alpha value is -1.68. The molecule has 0 radical (unpaired) electrons. The molecule has 0 aliphatic heterocycles. The predicted molar refractivity (Wildman–Crippen MR) is 67.3 cm³/mol. The van der Waals surface area contributed by atoms with Crippen LogP contribution in [0.15, 0.2) is 30.5 Å². The summed E-state index contributed by atoms with van der Waals surface area (Å²) in [6, 6.07) is 8.18. The summed E-state index contributed by atoms with van der Waals surface area (Å²) in [4.78, 5) is 17.6. The Morgan fingerprint density at radius 2 is 1.94 bits per heavy atom. The van der Waals surface area contributed by atoms with Crippen molar-refractivity contribution < 1.29 is 4.79 Å². The molecule has 0 spiro atoms. The summed E-state index contributed by atoms with van der Waals surface area (Å²) in [5.74, 6) is 0. The predicted octanol–water partition coefficient (Wildman–Crippen LogP) is 2.69. The third kappa shape index (κ3) is 2.12. The minimum absolute atomic E-state index is 0.520. The Morgan fingerprint density at radius 1 is 1.25 bits per heavy atom. The van der Waals surface area contributed by atoms with E-state index in [0.29, 0.717) is 5.01 Å². The number of benzene rings is 1. The van der Waals surface area contributed by atoms with Crippen LogP contribution in [-0.4, -0.2) is 25.4 Å². The zero-order valence-corrected chi connectivity index (χ0v) is 9.99. The van der Waals surface area contributed by atoms with E-state index in [2.05, 4.69) is 17.1 Å². The van der Waals surface area contributed by atoms with Crippen molar-refractivity contribution in [1.29, 1.82) is 0 Å². The quantitative estimate of drug-likeness (QED) is 0.763. The first kappa shape index (κ1) is 10.8. The maximum absolute atomic E-state index is 10.5. The van der Waals surface area contributed by atoms with Crippen LogP contribution in [0.1, 0.15) is 9.80 Å². The molecular formula is C12H12N2OS. The van der Waals surface area contributed by atoms with E-state index in [-0.39, 0.29) is 0 Å². The average Bonchev–Trinajstić information content (AvgIpc) is 2.77. The standard InChI is InChI=1S/C12H12N2OS/c1-14(2)10-5-3-9(4-6-10)11-7-13-12(8-15)16-11/h3-8H,1-2H3. The Labute approximate surface area is 98.4 Å². The summed E-state index contributed by atoms with van der Waals surface area (Å²) < 4.78 is 0. The van der Waals surface area contributed by atoms with Gasteiger partial charge in [0.1, 0.15) is 0 Å². The van der Waals surface area contributed by atoms with Gasteiger partial charge in [-0.1, -0.05) is 12.1 Å². The lowest BCUT2D eigenvalue weighted by molar-refractivity contribution is 0.112. The number of carbonyl (C=O) groups is 1. The Balaban J connectivity index is 2.30. The number of nitrogens with zero attached hydrogens (tertiary/aromatic N) is 2. The maximum Gasteiger partial charge on any atom is 0.178 e. The van der Waals surface area contributed by atoms with Gasteiger partial charge in [0.2, 0.25) is 0 Å². The van der Waals surface area contributed by atoms with Gasteiger partial charge in [0, 0.05) is 26.0 Å². The average molecular weight is 232 g/mol. The highest BCUT2D eigenvalue weighted by atomic mass is 32.1. The number of rotatable bonds is 3. The van der Waals surface area contributed by atoms with E-state index in [0.717, 1.165) is 22.4 Å². The van der Waals surface area contributed by atoms with Gasteiger partial charge in [-0.3, -0.25) is 4.79 Å². The van der Waals surface area contributed by atoms with Crippen LogP contribution in [0, 0.1) is 0 Å². The molecule has 2 aromatic rings. The fourth-order valence-corrected chi connectivity index (χ4v) is 2.14. The highest BCUT2D eigenvalue weighted by Crippen LogP contribution is 2.26. The van der Waals surface area contributed by atoms with Crippen molar-refractivity contribution in [2.24, 2.45) is 0 Å². The highest BCUT2D eigenvalue weighted by Gasteiger charge is 2.03. The Morgan fingerprint density at radius 3 is 2.44 bits per heavy atom. The number of hydrogen-bond donors (Lipinski definition) is 0. The molecule has 82 valence electrons. The molecule has 4 heteroatoms. The molecule has 0 saturated carbocycles. The SMILES string of the molecule is CN(C)c1ccc(-c2cnc(C=O)s2)cc1. The molecule has 0 unspecified atom stereocenters. The number of hydrogen-bond acceptors (Lipinski definition) is 4. The lowest BCUT2D eigenvalue weighted by Crippen LogP contribution is -2.07. The molecule has 0 N–H and O–H groups in total. The molecule has 0 aliphatic carbocycles. The van der Waals surface area contributed by atoms with Crippen LogP contribution in [-0.2, 0) is 0 Å². The van der Waals surface area contributed by atoms with Gasteiger partial charge in [-0.2, -0.15) is 0 Å². The number of aromatic nitrogens is 1. The zero-order chi connectivity index (χ0) is 11.5. The Kier molecular flexibility index (Phi) is 3.01. The van der Waals surface area contributed by atoms with Crippen LogP contribution < -0.4 is 4.90 Å². The van der Waals surface area contributed by atoms with E-state index in [1.807, 2.05) is 31.1 Å². The monoisotopic (exact) mass is 232 g/mol. The molecule has 1 heterocycles. The van der Waals surface area contributed by atoms with Gasteiger partial charge in [-0.05, 0) is 17.7 Å². The summed E-state index contributed by atoms with van der Waals surface area (Å²) in [6.07, 6.45) is 2.52. The second-order valence-corrected chi connectivity index (χ2v) is 4.68. The summed E-state index contributed by atoms with van der Waals surface area (Å²) in [6.45, 7) is 0. The van der Waals surface area contributed by atoms with Crippen LogP contribution in [0.4, 0.5) is 5.69 Å². The van der Waals surface area contributed by atoms with Crippen LogP contribution in [0.25, 0.3) is 10.4 Å². The molecular weight excluding hydrogens is 220 g/mol. The number of carbonyl (C=O) groups excluding carboxylic acids is 1. The maximum atomic E-state index is 10.5. The lowest BCUT2D eigenvalue weighted by Gasteiger charge is -2.12. The van der Waals surface area contributed by atoms with Gasteiger partial charge in [-0.25, -0.2) is 4.98 Å². The summed E-state index contributed by atoms with van der Waals surface area (Å²) in [7, 11) is 4.01. The van der Waals surface area contributed by atoms with E-state index in [4.69, 9.17) is 0 Å². The first-order valence-electron chi connectivity index (χ1n) is 4.89. The van der Waals surface area contributed by atoms with E-state index in [1.54, 1.807) is 6.20 Å². The van der Waals surface area contributed by atoms with E-state index >= 15 is 0 Å².